The van der Waals surface area contributed by atoms with Crippen LogP contribution < -0.4 is 15.0 Å². The highest BCUT2D eigenvalue weighted by atomic mass is 35.5. The summed E-state index contributed by atoms with van der Waals surface area (Å²) in [6.07, 6.45) is 1.70. The van der Waals surface area contributed by atoms with E-state index in [9.17, 15) is 4.79 Å². The summed E-state index contributed by atoms with van der Waals surface area (Å²) < 4.78 is 13.8. The number of nitrogens with zero attached hydrogens (tertiary/aromatic N) is 2. The molecule has 2 aromatic carbocycles. The van der Waals surface area contributed by atoms with Crippen molar-refractivity contribution in [2.75, 3.05) is 13.2 Å². The number of fused-ring (bicyclic) bond motifs is 7. The number of pyridine rings is 2. The van der Waals surface area contributed by atoms with Gasteiger partial charge in [0.2, 0.25) is 0 Å². The lowest BCUT2D eigenvalue weighted by atomic mass is 9.77. The minimum Gasteiger partial charge on any atom is -0.493 e. The van der Waals surface area contributed by atoms with Gasteiger partial charge in [0, 0.05) is 28.6 Å². The van der Waals surface area contributed by atoms with Gasteiger partial charge in [-0.05, 0) is 42.5 Å². The molecule has 4 aromatic rings. The first-order chi connectivity index (χ1) is 14.7. The second kappa shape index (κ2) is 6.61. The molecule has 0 saturated carbocycles. The van der Waals surface area contributed by atoms with Gasteiger partial charge in [-0.1, -0.05) is 29.8 Å². The van der Waals surface area contributed by atoms with Crippen molar-refractivity contribution < 1.29 is 9.47 Å². The maximum absolute atomic E-state index is 13.9. The predicted octanol–water partition coefficient (Wildman–Crippen LogP) is 4.57. The molecule has 0 saturated heterocycles. The van der Waals surface area contributed by atoms with Gasteiger partial charge in [-0.25, -0.2) is 4.98 Å². The maximum Gasteiger partial charge on any atom is 0.264 e. The SMILES string of the molecule is O=c1c2c(c3cccnc3n1-c1ccccc1)OC[C@@H]1COc3ccc(Cl)cc3[C@H]21. The molecule has 148 valence electrons. The van der Waals surface area contributed by atoms with Gasteiger partial charge >= 0.3 is 0 Å². The standard InChI is InChI=1S/C24H17ClN2O3/c25-15-8-9-19-18(11-15)20-14(12-29-19)13-30-22-17-7-4-10-26-23(17)27(24(28)21(20)22)16-5-2-1-3-6-16/h1-11,14,20H,12-13H2/t14-,20+/m0/s1. The van der Waals surface area contributed by atoms with Gasteiger partial charge < -0.3 is 9.47 Å². The highest BCUT2D eigenvalue weighted by molar-refractivity contribution is 6.30. The number of hydrogen-bond donors (Lipinski definition) is 0. The van der Waals surface area contributed by atoms with E-state index in [1.165, 1.54) is 0 Å². The number of rotatable bonds is 1. The van der Waals surface area contributed by atoms with Crippen molar-refractivity contribution in [1.82, 2.24) is 9.55 Å². The highest BCUT2D eigenvalue weighted by Gasteiger charge is 2.41. The summed E-state index contributed by atoms with van der Waals surface area (Å²) >= 11 is 6.32. The Morgan fingerprint density at radius 3 is 2.70 bits per heavy atom. The van der Waals surface area contributed by atoms with Gasteiger partial charge in [0.15, 0.2) is 5.65 Å². The minimum atomic E-state index is -0.150. The Bertz CT molecular complexity index is 1350. The quantitative estimate of drug-likeness (QED) is 0.456. The smallest absolute Gasteiger partial charge is 0.264 e. The number of halogens is 1. The lowest BCUT2D eigenvalue weighted by Crippen LogP contribution is -2.39. The van der Waals surface area contributed by atoms with Crippen LogP contribution in [0.1, 0.15) is 17.0 Å². The van der Waals surface area contributed by atoms with Crippen LogP contribution in [0, 0.1) is 5.92 Å². The Balaban J connectivity index is 1.72. The van der Waals surface area contributed by atoms with Crippen LogP contribution in [0.4, 0.5) is 0 Å². The van der Waals surface area contributed by atoms with Gasteiger partial charge in [-0.15, -0.1) is 0 Å². The van der Waals surface area contributed by atoms with Gasteiger partial charge in [0.25, 0.3) is 5.56 Å². The van der Waals surface area contributed by atoms with E-state index in [0.717, 1.165) is 22.4 Å². The summed E-state index contributed by atoms with van der Waals surface area (Å²) in [6.45, 7) is 0.969. The summed E-state index contributed by atoms with van der Waals surface area (Å²) in [5, 5.41) is 1.45. The lowest BCUT2D eigenvalue weighted by molar-refractivity contribution is 0.126. The van der Waals surface area contributed by atoms with E-state index in [2.05, 4.69) is 4.98 Å². The highest BCUT2D eigenvalue weighted by Crippen LogP contribution is 2.48. The zero-order valence-corrected chi connectivity index (χ0v) is 16.7. The van der Waals surface area contributed by atoms with Gasteiger partial charge in [0.05, 0.1) is 29.9 Å². The van der Waals surface area contributed by atoms with Crippen molar-refractivity contribution in [2.24, 2.45) is 5.92 Å². The summed E-state index contributed by atoms with van der Waals surface area (Å²) in [7, 11) is 0. The fourth-order valence-corrected chi connectivity index (χ4v) is 4.80. The van der Waals surface area contributed by atoms with Crippen LogP contribution in [-0.4, -0.2) is 22.8 Å². The van der Waals surface area contributed by atoms with Gasteiger partial charge in [0.1, 0.15) is 11.5 Å². The van der Waals surface area contributed by atoms with Crippen LogP contribution in [0.25, 0.3) is 16.7 Å². The average Bonchev–Trinajstić information content (AvgIpc) is 2.79. The molecule has 6 heteroatoms. The van der Waals surface area contributed by atoms with Gasteiger partial charge in [-0.2, -0.15) is 0 Å². The number of ether oxygens (including phenoxy) is 2. The van der Waals surface area contributed by atoms with Gasteiger partial charge in [-0.3, -0.25) is 9.36 Å². The summed E-state index contributed by atoms with van der Waals surface area (Å²) in [6, 6.07) is 19.0. The zero-order chi connectivity index (χ0) is 20.2. The molecule has 5 nitrogen and oxygen atoms in total. The predicted molar refractivity (Wildman–Crippen MR) is 115 cm³/mol. The van der Waals surface area contributed by atoms with Crippen molar-refractivity contribution in [3.8, 4) is 17.2 Å². The Morgan fingerprint density at radius 2 is 1.83 bits per heavy atom. The maximum atomic E-state index is 13.9. The second-order valence-electron chi connectivity index (χ2n) is 7.64. The van der Waals surface area contributed by atoms with Crippen molar-refractivity contribution in [3.63, 3.8) is 0 Å². The van der Waals surface area contributed by atoms with Crippen molar-refractivity contribution in [3.05, 3.63) is 93.4 Å². The molecule has 6 rings (SSSR count). The molecule has 0 spiro atoms. The third-order valence-corrected chi connectivity index (χ3v) is 6.15. The van der Waals surface area contributed by atoms with E-state index < -0.39 is 0 Å². The molecular weight excluding hydrogens is 400 g/mol. The van der Waals surface area contributed by atoms with E-state index in [1.54, 1.807) is 10.8 Å². The molecule has 2 aliphatic heterocycles. The Hall–Kier alpha value is -3.31. The third-order valence-electron chi connectivity index (χ3n) is 5.92. The summed E-state index contributed by atoms with van der Waals surface area (Å²) in [5.74, 6) is 1.27. The van der Waals surface area contributed by atoms with Crippen molar-refractivity contribution in [1.29, 1.82) is 0 Å². The fourth-order valence-electron chi connectivity index (χ4n) is 4.62. The normalized spacial score (nSPS) is 19.2. The lowest BCUT2D eigenvalue weighted by Gasteiger charge is -2.38. The number of para-hydroxylation sites is 1. The number of benzene rings is 2. The van der Waals surface area contributed by atoms with E-state index in [-0.39, 0.29) is 17.4 Å². The Kier molecular flexibility index (Phi) is 3.86. The van der Waals surface area contributed by atoms with Crippen LogP contribution in [0.5, 0.6) is 11.5 Å². The minimum absolute atomic E-state index is 0.0366. The van der Waals surface area contributed by atoms with E-state index in [4.69, 9.17) is 21.1 Å². The van der Waals surface area contributed by atoms with E-state index >= 15 is 0 Å². The molecule has 30 heavy (non-hydrogen) atoms. The third kappa shape index (κ3) is 2.48. The van der Waals surface area contributed by atoms with E-state index in [0.29, 0.717) is 35.2 Å². The van der Waals surface area contributed by atoms with Crippen LogP contribution in [0.3, 0.4) is 0 Å². The molecule has 0 unspecified atom stereocenters. The fraction of sp³-hybridized carbons (Fsp3) is 0.167. The summed E-state index contributed by atoms with van der Waals surface area (Å²) in [5.41, 5.74) is 2.81. The summed E-state index contributed by atoms with van der Waals surface area (Å²) in [4.78, 5) is 18.5. The molecule has 0 fully saturated rings. The first kappa shape index (κ1) is 17.5. The molecule has 0 amide bonds. The molecule has 0 N–H and O–H groups in total. The first-order valence-electron chi connectivity index (χ1n) is 9.86. The van der Waals surface area contributed by atoms with Crippen LogP contribution in [0.2, 0.25) is 5.02 Å². The Labute approximate surface area is 177 Å². The van der Waals surface area contributed by atoms with E-state index in [1.807, 2.05) is 60.7 Å². The first-order valence-corrected chi connectivity index (χ1v) is 10.2. The molecule has 0 bridgehead atoms. The molecule has 0 aliphatic carbocycles. The number of hydrogen-bond acceptors (Lipinski definition) is 4. The average molecular weight is 417 g/mol. The molecule has 2 atom stereocenters. The topological polar surface area (TPSA) is 53.4 Å². The number of aromatic nitrogens is 2. The second-order valence-corrected chi connectivity index (χ2v) is 8.07. The van der Waals surface area contributed by atoms with Crippen molar-refractivity contribution >= 4 is 22.6 Å². The molecule has 2 aromatic heterocycles. The Morgan fingerprint density at radius 1 is 1.00 bits per heavy atom. The molecular formula is C24H17ClN2O3. The monoisotopic (exact) mass is 416 g/mol. The van der Waals surface area contributed by atoms with Crippen molar-refractivity contribution in [2.45, 2.75) is 5.92 Å². The molecule has 2 aliphatic rings. The molecule has 4 heterocycles. The van der Waals surface area contributed by atoms with Crippen LogP contribution in [0.15, 0.2) is 71.7 Å². The molecule has 0 radical (unpaired) electrons. The zero-order valence-electron chi connectivity index (χ0n) is 15.9. The van der Waals surface area contributed by atoms with Crippen LogP contribution >= 0.6 is 11.6 Å². The largest absolute Gasteiger partial charge is 0.493 e. The van der Waals surface area contributed by atoms with Crippen LogP contribution in [-0.2, 0) is 0 Å².